The molecule has 0 spiro atoms. The summed E-state index contributed by atoms with van der Waals surface area (Å²) in [5.41, 5.74) is 1.48. The maximum Gasteiger partial charge on any atom is 0.408 e. The third-order valence-corrected chi connectivity index (χ3v) is 5.73. The first kappa shape index (κ1) is 32.4. The Hall–Kier alpha value is -3.61. The summed E-state index contributed by atoms with van der Waals surface area (Å²) in [7, 11) is 0. The lowest BCUT2D eigenvalue weighted by Gasteiger charge is -2.34. The van der Waals surface area contributed by atoms with Crippen LogP contribution in [-0.4, -0.2) is 60.1 Å². The molecule has 0 aliphatic rings. The molecule has 0 aliphatic carbocycles. The van der Waals surface area contributed by atoms with Gasteiger partial charge in [0.25, 0.3) is 0 Å². The van der Waals surface area contributed by atoms with Crippen molar-refractivity contribution in [2.24, 2.45) is 5.92 Å². The zero-order valence-corrected chi connectivity index (χ0v) is 23.8. The van der Waals surface area contributed by atoms with Gasteiger partial charge in [-0.15, -0.1) is 0 Å². The lowest BCUT2D eigenvalue weighted by molar-refractivity contribution is -0.144. The highest BCUT2D eigenvalue weighted by molar-refractivity contribution is 5.92. The van der Waals surface area contributed by atoms with Gasteiger partial charge in [-0.2, -0.15) is 5.26 Å². The van der Waals surface area contributed by atoms with Gasteiger partial charge in [-0.1, -0.05) is 49.6 Å². The Balaban J connectivity index is 3.46. The molecule has 210 valence electrons. The third kappa shape index (κ3) is 10.4. The van der Waals surface area contributed by atoms with Gasteiger partial charge in [-0.3, -0.25) is 14.4 Å². The molecule has 3 atom stereocenters. The van der Waals surface area contributed by atoms with Crippen LogP contribution < -0.4 is 10.6 Å². The Bertz CT molecular complexity index is 1010. The van der Waals surface area contributed by atoms with Crippen LogP contribution in [0.15, 0.2) is 18.2 Å². The summed E-state index contributed by atoms with van der Waals surface area (Å²) in [5.74, 6) is -1.92. The molecule has 1 aromatic carbocycles. The molecular weight excluding hydrogens is 488 g/mol. The number of hydrogen-bond donors (Lipinski definition) is 2. The molecule has 10 heteroatoms. The van der Waals surface area contributed by atoms with Crippen molar-refractivity contribution in [3.05, 3.63) is 34.9 Å². The number of carbonyl (C=O) groups is 4. The van der Waals surface area contributed by atoms with Gasteiger partial charge in [0, 0.05) is 6.54 Å². The second-order valence-corrected chi connectivity index (χ2v) is 10.3. The number of aryl methyl sites for hydroxylation is 2. The summed E-state index contributed by atoms with van der Waals surface area (Å²) in [6.45, 7) is 14.1. The Labute approximate surface area is 226 Å². The van der Waals surface area contributed by atoms with Gasteiger partial charge >= 0.3 is 12.1 Å². The zero-order chi connectivity index (χ0) is 29.0. The highest BCUT2D eigenvalue weighted by Crippen LogP contribution is 2.26. The fraction of sp³-hybridized carbons (Fsp3) is 0.607. The summed E-state index contributed by atoms with van der Waals surface area (Å²) in [4.78, 5) is 53.0. The summed E-state index contributed by atoms with van der Waals surface area (Å²) < 4.78 is 10.3. The molecule has 1 rings (SSSR count). The lowest BCUT2D eigenvalue weighted by atomic mass is 9.94. The van der Waals surface area contributed by atoms with Crippen molar-refractivity contribution in [3.8, 4) is 6.07 Å². The van der Waals surface area contributed by atoms with Crippen molar-refractivity contribution in [2.45, 2.75) is 85.9 Å². The second-order valence-electron chi connectivity index (χ2n) is 10.3. The van der Waals surface area contributed by atoms with Crippen LogP contribution in [0.4, 0.5) is 4.79 Å². The van der Waals surface area contributed by atoms with Crippen LogP contribution in [-0.2, 0) is 23.9 Å². The minimum absolute atomic E-state index is 0.00149. The number of nitriles is 1. The SMILES string of the molecule is CCOC(=O)CCNC(=O)C(c1cc(C)cc(C)c1)N(CC#N)C(=O)C(NC(=O)OC(C)(C)C)C(C)CC. The van der Waals surface area contributed by atoms with Crippen molar-refractivity contribution >= 4 is 23.9 Å². The number of nitrogens with one attached hydrogen (secondary N) is 2. The first-order valence-corrected chi connectivity index (χ1v) is 12.9. The Morgan fingerprint density at radius 3 is 2.18 bits per heavy atom. The van der Waals surface area contributed by atoms with Crippen molar-refractivity contribution in [3.63, 3.8) is 0 Å². The maximum atomic E-state index is 13.9. The fourth-order valence-electron chi connectivity index (χ4n) is 3.93. The van der Waals surface area contributed by atoms with Gasteiger partial charge < -0.3 is 25.0 Å². The molecule has 3 unspecified atom stereocenters. The predicted octanol–water partition coefficient (Wildman–Crippen LogP) is 3.71. The van der Waals surface area contributed by atoms with Gasteiger partial charge in [-0.05, 0) is 53.0 Å². The number of esters is 1. The van der Waals surface area contributed by atoms with E-state index in [1.165, 1.54) is 4.90 Å². The number of benzene rings is 1. The van der Waals surface area contributed by atoms with Crippen LogP contribution >= 0.6 is 0 Å². The molecule has 0 fully saturated rings. The Morgan fingerprint density at radius 1 is 1.08 bits per heavy atom. The summed E-state index contributed by atoms with van der Waals surface area (Å²) >= 11 is 0. The average Bonchev–Trinajstić information content (AvgIpc) is 2.79. The number of rotatable bonds is 12. The summed E-state index contributed by atoms with van der Waals surface area (Å²) in [5, 5.41) is 15.0. The number of nitrogens with zero attached hydrogens (tertiary/aromatic N) is 2. The Kier molecular flexibility index (Phi) is 12.8. The minimum atomic E-state index is -1.17. The molecule has 1 aromatic rings. The molecule has 10 nitrogen and oxygen atoms in total. The van der Waals surface area contributed by atoms with Crippen molar-refractivity contribution < 1.29 is 28.7 Å². The van der Waals surface area contributed by atoms with Crippen LogP contribution in [0.2, 0.25) is 0 Å². The van der Waals surface area contributed by atoms with Gasteiger partial charge in [0.15, 0.2) is 0 Å². The van der Waals surface area contributed by atoms with E-state index in [2.05, 4.69) is 10.6 Å². The molecule has 2 N–H and O–H groups in total. The van der Waals surface area contributed by atoms with E-state index in [1.54, 1.807) is 46.8 Å². The maximum absolute atomic E-state index is 13.9. The largest absolute Gasteiger partial charge is 0.466 e. The van der Waals surface area contributed by atoms with E-state index >= 15 is 0 Å². The first-order valence-electron chi connectivity index (χ1n) is 12.9. The number of carbonyl (C=O) groups excluding carboxylic acids is 4. The van der Waals surface area contributed by atoms with E-state index in [0.717, 1.165) is 11.1 Å². The molecule has 0 aliphatic heterocycles. The molecule has 0 saturated carbocycles. The van der Waals surface area contributed by atoms with Crippen LogP contribution in [0.1, 0.15) is 77.1 Å². The lowest BCUT2D eigenvalue weighted by Crippen LogP contribution is -2.55. The highest BCUT2D eigenvalue weighted by atomic mass is 16.6. The van der Waals surface area contributed by atoms with E-state index in [1.807, 2.05) is 32.9 Å². The van der Waals surface area contributed by atoms with E-state index in [4.69, 9.17) is 9.47 Å². The molecule has 0 heterocycles. The number of amides is 3. The van der Waals surface area contributed by atoms with E-state index in [9.17, 15) is 24.4 Å². The van der Waals surface area contributed by atoms with E-state index in [-0.39, 0.29) is 25.5 Å². The van der Waals surface area contributed by atoms with Crippen LogP contribution in [0.5, 0.6) is 0 Å². The number of alkyl carbamates (subject to hydrolysis) is 1. The number of hydrogen-bond acceptors (Lipinski definition) is 7. The standard InChI is InChI=1S/C28H42N4O6/c1-9-20(5)23(31-27(36)38-28(6,7)8)26(35)32(14-12-29)24(21-16-18(3)15-19(4)17-21)25(34)30-13-11-22(33)37-10-2/h15-17,20,23-24H,9-11,13-14H2,1-8H3,(H,30,34)(H,31,36). The van der Waals surface area contributed by atoms with Gasteiger partial charge in [0.2, 0.25) is 11.8 Å². The number of ether oxygens (including phenoxy) is 2. The van der Waals surface area contributed by atoms with E-state index < -0.39 is 48.1 Å². The van der Waals surface area contributed by atoms with E-state index in [0.29, 0.717) is 12.0 Å². The molecular formula is C28H42N4O6. The van der Waals surface area contributed by atoms with Crippen LogP contribution in [0, 0.1) is 31.1 Å². The molecule has 0 saturated heterocycles. The van der Waals surface area contributed by atoms with Crippen molar-refractivity contribution in [1.82, 2.24) is 15.5 Å². The molecule has 38 heavy (non-hydrogen) atoms. The molecule has 0 bridgehead atoms. The molecule has 0 aromatic heterocycles. The van der Waals surface area contributed by atoms with Gasteiger partial charge in [0.1, 0.15) is 24.2 Å². The summed E-state index contributed by atoms with van der Waals surface area (Å²) in [6.07, 6.45) is -0.261. The minimum Gasteiger partial charge on any atom is -0.466 e. The molecule has 3 amide bonds. The van der Waals surface area contributed by atoms with Gasteiger partial charge in [0.05, 0.1) is 19.1 Å². The first-order chi connectivity index (χ1) is 17.7. The average molecular weight is 531 g/mol. The van der Waals surface area contributed by atoms with Gasteiger partial charge in [-0.25, -0.2) is 4.79 Å². The fourth-order valence-corrected chi connectivity index (χ4v) is 3.93. The predicted molar refractivity (Wildman–Crippen MR) is 143 cm³/mol. The van der Waals surface area contributed by atoms with Crippen LogP contribution in [0.3, 0.4) is 0 Å². The molecule has 0 radical (unpaired) electrons. The monoisotopic (exact) mass is 530 g/mol. The highest BCUT2D eigenvalue weighted by Gasteiger charge is 2.38. The van der Waals surface area contributed by atoms with Crippen LogP contribution in [0.25, 0.3) is 0 Å². The Morgan fingerprint density at radius 2 is 1.68 bits per heavy atom. The zero-order valence-electron chi connectivity index (χ0n) is 23.8. The second kappa shape index (κ2) is 15.0. The summed E-state index contributed by atoms with van der Waals surface area (Å²) in [6, 6.07) is 5.26. The third-order valence-electron chi connectivity index (χ3n) is 5.73. The normalized spacial score (nSPS) is 13.3. The van der Waals surface area contributed by atoms with Crippen molar-refractivity contribution in [1.29, 1.82) is 5.26 Å². The topological polar surface area (TPSA) is 138 Å². The smallest absolute Gasteiger partial charge is 0.408 e. The quantitative estimate of drug-likeness (QED) is 0.310. The van der Waals surface area contributed by atoms with Crippen molar-refractivity contribution in [2.75, 3.05) is 19.7 Å².